The van der Waals surface area contributed by atoms with Crippen molar-refractivity contribution in [2.45, 2.75) is 64.8 Å². The molecular formula is C31H46N6O4. The summed E-state index contributed by atoms with van der Waals surface area (Å²) in [5, 5.41) is 12.6. The van der Waals surface area contributed by atoms with Crippen molar-refractivity contribution in [3.05, 3.63) is 40.7 Å². The molecule has 1 N–H and O–H groups in total. The molecule has 0 saturated carbocycles. The van der Waals surface area contributed by atoms with E-state index in [0.29, 0.717) is 71.1 Å². The standard InChI is InChI=1S/C31H46N6O4/c1-22(2)21-36(25-18-24(19-32-20-25)30(38)35-13-16-41-17-14-35)31(39)29-28(11-4-5-15-40-3)37(34-33-29)27-12-7-9-23-8-6-10-26(23)27/h7,9,12,22,24-25,32H,4-6,8,10-11,13-21H2,1-3H3/t24-,25+/m1/s1. The third kappa shape index (κ3) is 6.81. The van der Waals surface area contributed by atoms with Gasteiger partial charge >= 0.3 is 0 Å². The summed E-state index contributed by atoms with van der Waals surface area (Å²) in [5.41, 5.74) is 5.01. The van der Waals surface area contributed by atoms with Crippen LogP contribution in [0.15, 0.2) is 18.2 Å². The normalized spacial score (nSPS) is 20.8. The van der Waals surface area contributed by atoms with Crippen LogP contribution in [0.25, 0.3) is 5.69 Å². The van der Waals surface area contributed by atoms with E-state index in [1.54, 1.807) is 7.11 Å². The van der Waals surface area contributed by atoms with Crippen molar-refractivity contribution in [3.63, 3.8) is 0 Å². The number of piperidine rings is 1. The number of morpholine rings is 1. The molecule has 1 aliphatic carbocycles. The topological polar surface area (TPSA) is 102 Å². The summed E-state index contributed by atoms with van der Waals surface area (Å²) in [5.74, 6) is 0.174. The highest BCUT2D eigenvalue weighted by Gasteiger charge is 2.37. The van der Waals surface area contributed by atoms with E-state index in [1.165, 1.54) is 11.1 Å². The van der Waals surface area contributed by atoms with Gasteiger partial charge in [0, 0.05) is 52.5 Å². The van der Waals surface area contributed by atoms with Gasteiger partial charge in [0.1, 0.15) is 0 Å². The van der Waals surface area contributed by atoms with E-state index in [-0.39, 0.29) is 29.7 Å². The Labute approximate surface area is 243 Å². The molecule has 2 aromatic rings. The van der Waals surface area contributed by atoms with E-state index >= 15 is 0 Å². The molecule has 3 heterocycles. The molecule has 224 valence electrons. The van der Waals surface area contributed by atoms with Gasteiger partial charge in [-0.05, 0) is 68.1 Å². The predicted molar refractivity (Wildman–Crippen MR) is 156 cm³/mol. The van der Waals surface area contributed by atoms with Gasteiger partial charge in [-0.1, -0.05) is 31.2 Å². The molecule has 2 aliphatic heterocycles. The molecule has 0 bridgehead atoms. The number of hydrogen-bond donors (Lipinski definition) is 1. The van der Waals surface area contributed by atoms with Gasteiger partial charge in [-0.25, -0.2) is 4.68 Å². The molecule has 0 unspecified atom stereocenters. The zero-order valence-electron chi connectivity index (χ0n) is 24.9. The Balaban J connectivity index is 1.42. The summed E-state index contributed by atoms with van der Waals surface area (Å²) in [6.07, 6.45) is 6.34. The van der Waals surface area contributed by atoms with Crippen LogP contribution in [-0.2, 0) is 33.5 Å². The quantitative estimate of drug-likeness (QED) is 0.418. The predicted octanol–water partition coefficient (Wildman–Crippen LogP) is 2.66. The lowest BCUT2D eigenvalue weighted by molar-refractivity contribution is -0.140. The number of carbonyl (C=O) groups excluding carboxylic acids is 2. The highest BCUT2D eigenvalue weighted by molar-refractivity contribution is 5.94. The third-order valence-electron chi connectivity index (χ3n) is 8.59. The van der Waals surface area contributed by atoms with Gasteiger partial charge in [0.15, 0.2) is 5.69 Å². The number of rotatable bonds is 11. The number of aromatic nitrogens is 3. The Morgan fingerprint density at radius 1 is 1.17 bits per heavy atom. The van der Waals surface area contributed by atoms with E-state index < -0.39 is 0 Å². The smallest absolute Gasteiger partial charge is 0.276 e. The molecule has 3 aliphatic rings. The first-order chi connectivity index (χ1) is 20.0. The Kier molecular flexibility index (Phi) is 10.1. The highest BCUT2D eigenvalue weighted by atomic mass is 16.5. The van der Waals surface area contributed by atoms with Crippen LogP contribution >= 0.6 is 0 Å². The molecule has 5 rings (SSSR count). The second-order valence-corrected chi connectivity index (χ2v) is 12.0. The average molecular weight is 567 g/mol. The van der Waals surface area contributed by atoms with E-state index in [1.807, 2.05) is 14.5 Å². The van der Waals surface area contributed by atoms with E-state index in [2.05, 4.69) is 47.7 Å². The summed E-state index contributed by atoms with van der Waals surface area (Å²) in [7, 11) is 1.72. The molecule has 0 spiro atoms. The molecule has 2 saturated heterocycles. The van der Waals surface area contributed by atoms with Crippen LogP contribution in [0, 0.1) is 11.8 Å². The number of aryl methyl sites for hydroxylation is 1. The number of hydrogen-bond acceptors (Lipinski definition) is 7. The Bertz CT molecular complexity index is 1190. The maximum Gasteiger partial charge on any atom is 0.276 e. The minimum atomic E-state index is -0.162. The van der Waals surface area contributed by atoms with Gasteiger partial charge in [-0.15, -0.1) is 5.10 Å². The summed E-state index contributed by atoms with van der Waals surface area (Å²) in [4.78, 5) is 31.6. The van der Waals surface area contributed by atoms with E-state index in [9.17, 15) is 9.59 Å². The number of carbonyl (C=O) groups is 2. The number of nitrogens with zero attached hydrogens (tertiary/aromatic N) is 5. The van der Waals surface area contributed by atoms with Crippen LogP contribution in [0.3, 0.4) is 0 Å². The summed E-state index contributed by atoms with van der Waals surface area (Å²) < 4.78 is 12.7. The number of fused-ring (bicyclic) bond motifs is 1. The minimum absolute atomic E-state index is 0.0921. The molecule has 2 amide bonds. The average Bonchev–Trinajstić information content (AvgIpc) is 3.65. The maximum atomic E-state index is 14.4. The fourth-order valence-corrected chi connectivity index (χ4v) is 6.54. The summed E-state index contributed by atoms with van der Waals surface area (Å²) in [6.45, 7) is 9.26. The molecule has 10 heteroatoms. The van der Waals surface area contributed by atoms with Crippen molar-refractivity contribution in [1.82, 2.24) is 30.1 Å². The van der Waals surface area contributed by atoms with Crippen LogP contribution < -0.4 is 5.32 Å². The van der Waals surface area contributed by atoms with Crippen LogP contribution in [0.4, 0.5) is 0 Å². The fourth-order valence-electron chi connectivity index (χ4n) is 6.54. The fraction of sp³-hybridized carbons (Fsp3) is 0.677. The van der Waals surface area contributed by atoms with Crippen molar-refractivity contribution in [1.29, 1.82) is 0 Å². The number of methoxy groups -OCH3 is 1. The van der Waals surface area contributed by atoms with Gasteiger partial charge in [0.05, 0.1) is 30.5 Å². The number of ether oxygens (including phenoxy) is 2. The van der Waals surface area contributed by atoms with Crippen LogP contribution in [0.2, 0.25) is 0 Å². The van der Waals surface area contributed by atoms with Crippen molar-refractivity contribution < 1.29 is 19.1 Å². The lowest BCUT2D eigenvalue weighted by Crippen LogP contribution is -2.56. The van der Waals surface area contributed by atoms with Crippen molar-refractivity contribution in [3.8, 4) is 5.69 Å². The SMILES string of the molecule is COCCCCc1c(C(=O)N(CC(C)C)[C@@H]2CNC[C@H](C(=O)N3CCOCC3)C2)nnn1-c1cccc2c1CCC2. The van der Waals surface area contributed by atoms with Crippen LogP contribution in [-0.4, -0.2) is 102 Å². The van der Waals surface area contributed by atoms with E-state index in [0.717, 1.165) is 43.5 Å². The number of unbranched alkanes of at least 4 members (excludes halogenated alkanes) is 1. The number of nitrogens with one attached hydrogen (secondary N) is 1. The zero-order valence-corrected chi connectivity index (χ0v) is 24.9. The molecule has 2 fully saturated rings. The molecule has 2 atom stereocenters. The minimum Gasteiger partial charge on any atom is -0.385 e. The van der Waals surface area contributed by atoms with E-state index in [4.69, 9.17) is 9.47 Å². The highest BCUT2D eigenvalue weighted by Crippen LogP contribution is 2.30. The molecule has 1 aromatic heterocycles. The largest absolute Gasteiger partial charge is 0.385 e. The lowest BCUT2D eigenvalue weighted by atomic mass is 9.92. The Morgan fingerprint density at radius 3 is 2.78 bits per heavy atom. The van der Waals surface area contributed by atoms with Gasteiger partial charge in [-0.2, -0.15) is 0 Å². The van der Waals surface area contributed by atoms with Crippen LogP contribution in [0.1, 0.15) is 66.8 Å². The van der Waals surface area contributed by atoms with Gasteiger partial charge in [-0.3, -0.25) is 9.59 Å². The Morgan fingerprint density at radius 2 is 2.00 bits per heavy atom. The summed E-state index contributed by atoms with van der Waals surface area (Å²) in [6, 6.07) is 6.29. The zero-order chi connectivity index (χ0) is 28.8. The maximum absolute atomic E-state index is 14.4. The molecular weight excluding hydrogens is 520 g/mol. The molecule has 1 aromatic carbocycles. The van der Waals surface area contributed by atoms with Crippen molar-refractivity contribution >= 4 is 11.8 Å². The second kappa shape index (κ2) is 13.9. The first-order valence-corrected chi connectivity index (χ1v) is 15.4. The monoisotopic (exact) mass is 566 g/mol. The first-order valence-electron chi connectivity index (χ1n) is 15.4. The van der Waals surface area contributed by atoms with Crippen LogP contribution in [0.5, 0.6) is 0 Å². The van der Waals surface area contributed by atoms with Gasteiger partial charge < -0.3 is 24.6 Å². The van der Waals surface area contributed by atoms with Crippen molar-refractivity contribution in [2.24, 2.45) is 11.8 Å². The number of benzene rings is 1. The second-order valence-electron chi connectivity index (χ2n) is 12.0. The molecule has 0 radical (unpaired) electrons. The molecule has 10 nitrogen and oxygen atoms in total. The third-order valence-corrected chi connectivity index (χ3v) is 8.59. The van der Waals surface area contributed by atoms with Gasteiger partial charge in [0.2, 0.25) is 5.91 Å². The Hall–Kier alpha value is -2.82. The summed E-state index contributed by atoms with van der Waals surface area (Å²) >= 11 is 0. The van der Waals surface area contributed by atoms with Crippen molar-refractivity contribution in [2.75, 3.05) is 59.7 Å². The number of amides is 2. The first kappa shape index (κ1) is 29.7. The lowest BCUT2D eigenvalue weighted by Gasteiger charge is -2.40. The molecule has 41 heavy (non-hydrogen) atoms. The van der Waals surface area contributed by atoms with Gasteiger partial charge in [0.25, 0.3) is 5.91 Å².